The monoisotopic (exact) mass is 221 g/mol. The van der Waals surface area contributed by atoms with Gasteiger partial charge >= 0.3 is 11.9 Å². The Balaban J connectivity index is 3.40. The Morgan fingerprint density at radius 1 is 1.19 bits per heavy atom. The fourth-order valence-corrected chi connectivity index (χ4v) is 1.25. The van der Waals surface area contributed by atoms with Crippen LogP contribution in [0.4, 0.5) is 0 Å². The Kier molecular flexibility index (Phi) is 3.30. The molecule has 1 aromatic carbocycles. The normalized spacial score (nSPS) is 11.2. The van der Waals surface area contributed by atoms with Gasteiger partial charge in [-0.2, -0.15) is 0 Å². The molecule has 0 bridgehead atoms. The van der Waals surface area contributed by atoms with Gasteiger partial charge in [0.05, 0.1) is 11.1 Å². The molecule has 1 aromatic rings. The van der Waals surface area contributed by atoms with Crippen molar-refractivity contribution in [1.29, 1.82) is 0 Å². The van der Waals surface area contributed by atoms with Crippen molar-refractivity contribution in [2.75, 3.05) is 0 Å². The van der Waals surface area contributed by atoms with Gasteiger partial charge in [-0.1, -0.05) is 6.07 Å². The maximum absolute atomic E-state index is 10.9. The molecular formula is C11H11NO4. The van der Waals surface area contributed by atoms with Gasteiger partial charge in [0.15, 0.2) is 0 Å². The van der Waals surface area contributed by atoms with Gasteiger partial charge in [-0.15, -0.1) is 0 Å². The van der Waals surface area contributed by atoms with Gasteiger partial charge < -0.3 is 15.9 Å². The summed E-state index contributed by atoms with van der Waals surface area (Å²) < 4.78 is 0. The van der Waals surface area contributed by atoms with Crippen molar-refractivity contribution in [2.45, 2.75) is 6.92 Å². The highest BCUT2D eigenvalue weighted by molar-refractivity contribution is 6.02. The van der Waals surface area contributed by atoms with Crippen molar-refractivity contribution in [2.24, 2.45) is 5.73 Å². The van der Waals surface area contributed by atoms with Gasteiger partial charge in [0.1, 0.15) is 0 Å². The third-order valence-electron chi connectivity index (χ3n) is 2.19. The molecule has 0 saturated carbocycles. The van der Waals surface area contributed by atoms with Crippen LogP contribution in [0, 0.1) is 0 Å². The van der Waals surface area contributed by atoms with E-state index < -0.39 is 11.9 Å². The Morgan fingerprint density at radius 3 is 2.19 bits per heavy atom. The summed E-state index contributed by atoms with van der Waals surface area (Å²) in [5, 5.41) is 17.7. The van der Waals surface area contributed by atoms with Gasteiger partial charge in [0.25, 0.3) is 0 Å². The molecule has 84 valence electrons. The summed E-state index contributed by atoms with van der Waals surface area (Å²) in [7, 11) is 0. The molecule has 0 spiro atoms. The lowest BCUT2D eigenvalue weighted by Crippen LogP contribution is -2.08. The van der Waals surface area contributed by atoms with Gasteiger partial charge in [-0.05, 0) is 36.4 Å². The molecule has 0 fully saturated rings. The molecule has 0 aliphatic rings. The second-order valence-corrected chi connectivity index (χ2v) is 3.22. The number of aromatic carboxylic acids is 2. The molecule has 0 unspecified atom stereocenters. The van der Waals surface area contributed by atoms with Crippen LogP contribution >= 0.6 is 0 Å². The fraction of sp³-hybridized carbons (Fsp3) is 0.0909. The number of carboxylic acid groups (broad SMARTS) is 2. The summed E-state index contributed by atoms with van der Waals surface area (Å²) in [6.07, 6.45) is 1.33. The first kappa shape index (κ1) is 11.8. The summed E-state index contributed by atoms with van der Waals surface area (Å²) in [5.41, 5.74) is 6.09. The number of rotatable bonds is 3. The van der Waals surface area contributed by atoms with E-state index in [1.807, 2.05) is 0 Å². The smallest absolute Gasteiger partial charge is 0.336 e. The molecular weight excluding hydrogens is 210 g/mol. The zero-order chi connectivity index (χ0) is 12.3. The van der Waals surface area contributed by atoms with Crippen LogP contribution in [0.25, 0.3) is 5.57 Å². The number of nitrogens with two attached hydrogens (primary N) is 1. The van der Waals surface area contributed by atoms with E-state index in [-0.39, 0.29) is 11.1 Å². The van der Waals surface area contributed by atoms with Crippen molar-refractivity contribution in [1.82, 2.24) is 0 Å². The van der Waals surface area contributed by atoms with Crippen molar-refractivity contribution >= 4 is 17.5 Å². The van der Waals surface area contributed by atoms with Crippen LogP contribution in [0.5, 0.6) is 0 Å². The van der Waals surface area contributed by atoms with Crippen LogP contribution < -0.4 is 5.73 Å². The average molecular weight is 221 g/mol. The third kappa shape index (κ3) is 2.20. The minimum atomic E-state index is -1.27. The average Bonchev–Trinajstić information content (AvgIpc) is 2.26. The van der Waals surface area contributed by atoms with Crippen molar-refractivity contribution in [3.8, 4) is 0 Å². The van der Waals surface area contributed by atoms with Crippen LogP contribution in [0.15, 0.2) is 24.4 Å². The van der Waals surface area contributed by atoms with Crippen molar-refractivity contribution < 1.29 is 19.8 Å². The minimum Gasteiger partial charge on any atom is -0.478 e. The molecule has 5 nitrogen and oxygen atoms in total. The van der Waals surface area contributed by atoms with E-state index in [1.165, 1.54) is 24.4 Å². The largest absolute Gasteiger partial charge is 0.478 e. The van der Waals surface area contributed by atoms with Gasteiger partial charge in [-0.3, -0.25) is 0 Å². The zero-order valence-corrected chi connectivity index (χ0v) is 8.60. The van der Waals surface area contributed by atoms with Crippen LogP contribution in [0.3, 0.4) is 0 Å². The molecule has 0 aromatic heterocycles. The molecule has 0 heterocycles. The van der Waals surface area contributed by atoms with E-state index in [0.29, 0.717) is 11.1 Å². The molecule has 0 radical (unpaired) electrons. The second kappa shape index (κ2) is 4.48. The van der Waals surface area contributed by atoms with E-state index >= 15 is 0 Å². The van der Waals surface area contributed by atoms with Gasteiger partial charge in [-0.25, -0.2) is 9.59 Å². The highest BCUT2D eigenvalue weighted by atomic mass is 16.4. The van der Waals surface area contributed by atoms with E-state index in [2.05, 4.69) is 0 Å². The van der Waals surface area contributed by atoms with Crippen molar-refractivity contribution in [3.63, 3.8) is 0 Å². The lowest BCUT2D eigenvalue weighted by Gasteiger charge is -2.05. The molecule has 0 amide bonds. The van der Waals surface area contributed by atoms with E-state index in [0.717, 1.165) is 0 Å². The van der Waals surface area contributed by atoms with Crippen molar-refractivity contribution in [3.05, 3.63) is 41.1 Å². The third-order valence-corrected chi connectivity index (χ3v) is 2.19. The summed E-state index contributed by atoms with van der Waals surface area (Å²) in [6.45, 7) is 1.71. The number of benzene rings is 1. The quantitative estimate of drug-likeness (QED) is 0.716. The summed E-state index contributed by atoms with van der Waals surface area (Å²) in [5.74, 6) is -2.54. The Bertz CT molecular complexity index is 477. The summed E-state index contributed by atoms with van der Waals surface area (Å²) in [4.78, 5) is 21.6. The molecule has 4 N–H and O–H groups in total. The Morgan fingerprint density at radius 2 is 1.75 bits per heavy atom. The topological polar surface area (TPSA) is 101 Å². The molecule has 0 aliphatic carbocycles. The SMILES string of the molecule is CC(=CN)c1ccc(C(=O)O)c(C(=O)O)c1. The fourth-order valence-electron chi connectivity index (χ4n) is 1.25. The Labute approximate surface area is 91.8 Å². The summed E-state index contributed by atoms with van der Waals surface area (Å²) >= 11 is 0. The first-order chi connectivity index (χ1) is 7.47. The van der Waals surface area contributed by atoms with Crippen LogP contribution in [0.2, 0.25) is 0 Å². The maximum Gasteiger partial charge on any atom is 0.336 e. The van der Waals surface area contributed by atoms with Gasteiger partial charge in [0.2, 0.25) is 0 Å². The van der Waals surface area contributed by atoms with Crippen LogP contribution in [-0.2, 0) is 0 Å². The highest BCUT2D eigenvalue weighted by Crippen LogP contribution is 2.18. The number of carboxylic acids is 2. The predicted molar refractivity (Wildman–Crippen MR) is 58.2 cm³/mol. The van der Waals surface area contributed by atoms with Crippen LogP contribution in [0.1, 0.15) is 33.2 Å². The molecule has 16 heavy (non-hydrogen) atoms. The van der Waals surface area contributed by atoms with E-state index in [1.54, 1.807) is 6.92 Å². The number of allylic oxidation sites excluding steroid dienone is 1. The molecule has 0 atom stereocenters. The standard InChI is InChI=1S/C11H11NO4/c1-6(5-12)7-2-3-8(10(13)14)9(4-7)11(15)16/h2-5H,12H2,1H3,(H,13,14)(H,15,16). The molecule has 0 aliphatic heterocycles. The second-order valence-electron chi connectivity index (χ2n) is 3.22. The highest BCUT2D eigenvalue weighted by Gasteiger charge is 2.16. The maximum atomic E-state index is 10.9. The van der Waals surface area contributed by atoms with E-state index in [9.17, 15) is 9.59 Å². The minimum absolute atomic E-state index is 0.235. The molecule has 1 rings (SSSR count). The number of hydrogen-bond acceptors (Lipinski definition) is 3. The number of carbonyl (C=O) groups is 2. The lowest BCUT2D eigenvalue weighted by molar-refractivity contribution is 0.0651. The summed E-state index contributed by atoms with van der Waals surface area (Å²) in [6, 6.07) is 4.08. The lowest BCUT2D eigenvalue weighted by atomic mass is 10.0. The first-order valence-electron chi connectivity index (χ1n) is 4.47. The molecule has 0 saturated heterocycles. The Hall–Kier alpha value is -2.30. The predicted octanol–water partition coefficient (Wildman–Crippen LogP) is 1.40. The van der Waals surface area contributed by atoms with E-state index in [4.69, 9.17) is 15.9 Å². The number of hydrogen-bond donors (Lipinski definition) is 3. The first-order valence-corrected chi connectivity index (χ1v) is 4.47. The van der Waals surface area contributed by atoms with Gasteiger partial charge in [0, 0.05) is 0 Å². The zero-order valence-electron chi connectivity index (χ0n) is 8.60. The molecule has 5 heteroatoms. The van der Waals surface area contributed by atoms with Crippen LogP contribution in [-0.4, -0.2) is 22.2 Å².